The van der Waals surface area contributed by atoms with E-state index in [-0.39, 0.29) is 22.4 Å². The lowest BCUT2D eigenvalue weighted by molar-refractivity contribution is 0.102. The van der Waals surface area contributed by atoms with Crippen molar-refractivity contribution >= 4 is 23.2 Å². The molecule has 0 bridgehead atoms. The molecule has 0 heterocycles. The van der Waals surface area contributed by atoms with Gasteiger partial charge in [-0.3, -0.25) is 4.79 Å². The van der Waals surface area contributed by atoms with Crippen LogP contribution in [0.15, 0.2) is 42.5 Å². The molecule has 0 saturated heterocycles. The fourth-order valence-electron chi connectivity index (χ4n) is 1.44. The Bertz CT molecular complexity index is 599. The van der Waals surface area contributed by atoms with Gasteiger partial charge < -0.3 is 15.5 Å². The summed E-state index contributed by atoms with van der Waals surface area (Å²) < 4.78 is 0. The molecule has 5 heteroatoms. The van der Waals surface area contributed by atoms with E-state index in [1.165, 1.54) is 30.3 Å². The van der Waals surface area contributed by atoms with E-state index in [1.807, 2.05) is 0 Å². The molecule has 18 heavy (non-hydrogen) atoms. The standard InChI is InChI=1S/C13H10ClNO3/c14-11-6-8(4-5-12(11)17)13(18)15-9-2-1-3-10(16)7-9/h1-7,16-17H,(H,15,18). The van der Waals surface area contributed by atoms with Crippen molar-refractivity contribution in [1.82, 2.24) is 0 Å². The molecule has 0 aliphatic carbocycles. The molecule has 0 unspecified atom stereocenters. The number of benzene rings is 2. The number of nitrogens with one attached hydrogen (secondary N) is 1. The molecule has 0 aromatic heterocycles. The first-order chi connectivity index (χ1) is 8.56. The smallest absolute Gasteiger partial charge is 0.255 e. The Balaban J connectivity index is 2.19. The Morgan fingerprint density at radius 1 is 1.11 bits per heavy atom. The second-order valence-corrected chi connectivity index (χ2v) is 4.08. The highest BCUT2D eigenvalue weighted by molar-refractivity contribution is 6.32. The number of hydrogen-bond donors (Lipinski definition) is 3. The molecule has 2 aromatic rings. The summed E-state index contributed by atoms with van der Waals surface area (Å²) in [6.45, 7) is 0. The minimum atomic E-state index is -0.373. The zero-order valence-corrected chi connectivity index (χ0v) is 9.98. The largest absolute Gasteiger partial charge is 0.508 e. The third kappa shape index (κ3) is 2.73. The van der Waals surface area contributed by atoms with Gasteiger partial charge in [-0.05, 0) is 30.3 Å². The van der Waals surface area contributed by atoms with Crippen LogP contribution in [0.25, 0.3) is 0 Å². The van der Waals surface area contributed by atoms with Crippen molar-refractivity contribution < 1.29 is 15.0 Å². The van der Waals surface area contributed by atoms with E-state index < -0.39 is 0 Å². The Morgan fingerprint density at radius 3 is 2.56 bits per heavy atom. The highest BCUT2D eigenvalue weighted by atomic mass is 35.5. The van der Waals surface area contributed by atoms with Gasteiger partial charge in [0.15, 0.2) is 0 Å². The van der Waals surface area contributed by atoms with Crippen molar-refractivity contribution in [2.75, 3.05) is 5.32 Å². The molecule has 3 N–H and O–H groups in total. The van der Waals surface area contributed by atoms with Gasteiger partial charge in [0, 0.05) is 17.3 Å². The van der Waals surface area contributed by atoms with Crippen molar-refractivity contribution in [2.24, 2.45) is 0 Å². The Hall–Kier alpha value is -2.20. The minimum absolute atomic E-state index is 0.0662. The zero-order valence-electron chi connectivity index (χ0n) is 9.22. The summed E-state index contributed by atoms with van der Waals surface area (Å²) in [5, 5.41) is 21.2. The first-order valence-corrected chi connectivity index (χ1v) is 5.53. The molecular weight excluding hydrogens is 254 g/mol. The van der Waals surface area contributed by atoms with Crippen LogP contribution in [-0.4, -0.2) is 16.1 Å². The summed E-state index contributed by atoms with van der Waals surface area (Å²) in [6.07, 6.45) is 0. The van der Waals surface area contributed by atoms with E-state index in [0.717, 1.165) is 0 Å². The third-order valence-electron chi connectivity index (χ3n) is 2.31. The summed E-state index contributed by atoms with van der Waals surface area (Å²) in [6, 6.07) is 10.4. The van der Waals surface area contributed by atoms with Crippen LogP contribution < -0.4 is 5.32 Å². The van der Waals surface area contributed by atoms with Gasteiger partial charge in [-0.1, -0.05) is 17.7 Å². The summed E-state index contributed by atoms with van der Waals surface area (Å²) >= 11 is 5.72. The van der Waals surface area contributed by atoms with E-state index in [4.69, 9.17) is 11.6 Å². The SMILES string of the molecule is O=C(Nc1cccc(O)c1)c1ccc(O)c(Cl)c1. The number of carbonyl (C=O) groups excluding carboxylic acids is 1. The normalized spacial score (nSPS) is 10.1. The van der Waals surface area contributed by atoms with E-state index in [1.54, 1.807) is 12.1 Å². The number of carbonyl (C=O) groups is 1. The van der Waals surface area contributed by atoms with Gasteiger partial charge in [0.25, 0.3) is 5.91 Å². The maximum Gasteiger partial charge on any atom is 0.255 e. The lowest BCUT2D eigenvalue weighted by atomic mass is 10.2. The van der Waals surface area contributed by atoms with Crippen molar-refractivity contribution in [3.8, 4) is 11.5 Å². The first-order valence-electron chi connectivity index (χ1n) is 5.15. The second kappa shape index (κ2) is 4.98. The minimum Gasteiger partial charge on any atom is -0.508 e. The van der Waals surface area contributed by atoms with Gasteiger partial charge >= 0.3 is 0 Å². The number of halogens is 1. The third-order valence-corrected chi connectivity index (χ3v) is 2.62. The Morgan fingerprint density at radius 2 is 1.89 bits per heavy atom. The fraction of sp³-hybridized carbons (Fsp3) is 0. The molecule has 4 nitrogen and oxygen atoms in total. The van der Waals surface area contributed by atoms with Crippen LogP contribution in [-0.2, 0) is 0 Å². The number of phenols is 2. The van der Waals surface area contributed by atoms with Crippen LogP contribution in [0, 0.1) is 0 Å². The quantitative estimate of drug-likeness (QED) is 0.780. The molecule has 0 atom stereocenters. The van der Waals surface area contributed by atoms with Crippen LogP contribution in [0.4, 0.5) is 5.69 Å². The summed E-state index contributed by atoms with van der Waals surface area (Å²) in [5.74, 6) is -0.385. The second-order valence-electron chi connectivity index (χ2n) is 3.67. The topological polar surface area (TPSA) is 69.6 Å². The summed E-state index contributed by atoms with van der Waals surface area (Å²) in [4.78, 5) is 11.9. The molecule has 2 aromatic carbocycles. The van der Waals surface area contributed by atoms with Gasteiger partial charge in [0.1, 0.15) is 11.5 Å². The van der Waals surface area contributed by atoms with Gasteiger partial charge in [-0.2, -0.15) is 0 Å². The summed E-state index contributed by atoms with van der Waals surface area (Å²) in [5.41, 5.74) is 0.797. The molecule has 0 spiro atoms. The van der Waals surface area contributed by atoms with Gasteiger partial charge in [0.05, 0.1) is 5.02 Å². The molecule has 92 valence electrons. The molecule has 0 fully saturated rings. The van der Waals surface area contributed by atoms with Crippen LogP contribution >= 0.6 is 11.6 Å². The number of hydrogen-bond acceptors (Lipinski definition) is 3. The Labute approximate surface area is 108 Å². The molecule has 2 rings (SSSR count). The van der Waals surface area contributed by atoms with Crippen LogP contribution in [0.1, 0.15) is 10.4 Å². The fourth-order valence-corrected chi connectivity index (χ4v) is 1.62. The lowest BCUT2D eigenvalue weighted by Crippen LogP contribution is -2.11. The summed E-state index contributed by atoms with van der Waals surface area (Å²) in [7, 11) is 0. The average molecular weight is 264 g/mol. The molecular formula is C13H10ClNO3. The van der Waals surface area contributed by atoms with Crippen LogP contribution in [0.3, 0.4) is 0 Å². The lowest BCUT2D eigenvalue weighted by Gasteiger charge is -2.06. The number of phenolic OH excluding ortho intramolecular Hbond substituents is 2. The van der Waals surface area contributed by atoms with E-state index in [9.17, 15) is 15.0 Å². The first kappa shape index (κ1) is 12.3. The van der Waals surface area contributed by atoms with Crippen molar-refractivity contribution in [2.45, 2.75) is 0 Å². The van der Waals surface area contributed by atoms with Crippen molar-refractivity contribution in [3.63, 3.8) is 0 Å². The average Bonchev–Trinajstić information content (AvgIpc) is 2.32. The molecule has 0 aliphatic heterocycles. The molecule has 0 saturated carbocycles. The van der Waals surface area contributed by atoms with E-state index in [2.05, 4.69) is 5.32 Å². The van der Waals surface area contributed by atoms with Crippen LogP contribution in [0.2, 0.25) is 5.02 Å². The van der Waals surface area contributed by atoms with E-state index in [0.29, 0.717) is 11.3 Å². The molecule has 0 radical (unpaired) electrons. The molecule has 1 amide bonds. The van der Waals surface area contributed by atoms with Crippen molar-refractivity contribution in [1.29, 1.82) is 0 Å². The van der Waals surface area contributed by atoms with Crippen molar-refractivity contribution in [3.05, 3.63) is 53.1 Å². The van der Waals surface area contributed by atoms with Gasteiger partial charge in [-0.15, -0.1) is 0 Å². The number of aromatic hydroxyl groups is 2. The monoisotopic (exact) mass is 263 g/mol. The predicted octanol–water partition coefficient (Wildman–Crippen LogP) is 3.00. The zero-order chi connectivity index (χ0) is 13.1. The highest BCUT2D eigenvalue weighted by Crippen LogP contribution is 2.24. The maximum absolute atomic E-state index is 11.9. The van der Waals surface area contributed by atoms with Gasteiger partial charge in [0.2, 0.25) is 0 Å². The van der Waals surface area contributed by atoms with E-state index >= 15 is 0 Å². The number of anilines is 1. The Kier molecular flexibility index (Phi) is 3.39. The molecule has 0 aliphatic rings. The highest BCUT2D eigenvalue weighted by Gasteiger charge is 2.08. The predicted molar refractivity (Wildman–Crippen MR) is 69.2 cm³/mol. The number of rotatable bonds is 2. The number of amides is 1. The van der Waals surface area contributed by atoms with Gasteiger partial charge in [-0.25, -0.2) is 0 Å². The van der Waals surface area contributed by atoms with Crippen LogP contribution in [0.5, 0.6) is 11.5 Å². The maximum atomic E-state index is 11.9.